The number of amides is 1. The molecule has 0 aromatic heterocycles. The molecule has 1 aliphatic rings. The summed E-state index contributed by atoms with van der Waals surface area (Å²) in [7, 11) is -1.94. The van der Waals surface area contributed by atoms with Crippen LogP contribution >= 0.6 is 23.2 Å². The van der Waals surface area contributed by atoms with Gasteiger partial charge >= 0.3 is 0 Å². The van der Waals surface area contributed by atoms with Crippen molar-refractivity contribution in [3.8, 4) is 0 Å². The second kappa shape index (κ2) is 9.66. The fourth-order valence-corrected chi connectivity index (χ4v) is 5.13. The molecule has 0 aliphatic carbocycles. The van der Waals surface area contributed by atoms with E-state index in [-0.39, 0.29) is 23.9 Å². The molecule has 2 aromatic carbocycles. The minimum Gasteiger partial charge on any atom is -0.339 e. The summed E-state index contributed by atoms with van der Waals surface area (Å²) < 4.78 is 28.0. The molecule has 0 unspecified atom stereocenters. The summed E-state index contributed by atoms with van der Waals surface area (Å²) in [6.07, 6.45) is 0. The Labute approximate surface area is 188 Å². The molecule has 1 heterocycles. The highest BCUT2D eigenvalue weighted by Gasteiger charge is 2.30. The third-order valence-electron chi connectivity index (χ3n) is 5.22. The minimum absolute atomic E-state index is 0.0891. The zero-order chi connectivity index (χ0) is 21.9. The number of hydrogen-bond acceptors (Lipinski definition) is 4. The highest BCUT2D eigenvalue weighted by atomic mass is 35.5. The summed E-state index contributed by atoms with van der Waals surface area (Å²) >= 11 is 12.6. The molecular formula is C21H25Cl2N3O3S. The van der Waals surface area contributed by atoms with Crippen LogP contribution in [0.15, 0.2) is 47.4 Å². The summed E-state index contributed by atoms with van der Waals surface area (Å²) in [5.74, 6) is -0.234. The maximum Gasteiger partial charge on any atom is 0.243 e. The van der Waals surface area contributed by atoms with Crippen molar-refractivity contribution in [2.75, 3.05) is 39.8 Å². The first-order valence-corrected chi connectivity index (χ1v) is 11.8. The summed E-state index contributed by atoms with van der Waals surface area (Å²) in [5.41, 5.74) is 1.42. The van der Waals surface area contributed by atoms with Crippen LogP contribution in [0.5, 0.6) is 0 Å². The molecule has 30 heavy (non-hydrogen) atoms. The molecule has 0 radical (unpaired) electrons. The number of piperazine rings is 1. The van der Waals surface area contributed by atoms with E-state index in [1.165, 1.54) is 0 Å². The Morgan fingerprint density at radius 3 is 2.13 bits per heavy atom. The Morgan fingerprint density at radius 1 is 1.00 bits per heavy atom. The summed E-state index contributed by atoms with van der Waals surface area (Å²) in [4.78, 5) is 16.9. The fraction of sp³-hybridized carbons (Fsp3) is 0.381. The van der Waals surface area contributed by atoms with Gasteiger partial charge in [0.25, 0.3) is 0 Å². The van der Waals surface area contributed by atoms with E-state index in [0.717, 1.165) is 23.0 Å². The van der Waals surface area contributed by atoms with E-state index in [0.29, 0.717) is 28.7 Å². The van der Waals surface area contributed by atoms with Crippen LogP contribution in [0.2, 0.25) is 10.0 Å². The van der Waals surface area contributed by atoms with Gasteiger partial charge in [-0.25, -0.2) is 8.42 Å². The first-order chi connectivity index (χ1) is 14.2. The van der Waals surface area contributed by atoms with E-state index in [9.17, 15) is 13.2 Å². The number of likely N-dealkylation sites (N-methyl/N-ethyl adjacent to an activating group) is 1. The van der Waals surface area contributed by atoms with E-state index in [1.54, 1.807) is 47.4 Å². The molecule has 0 N–H and O–H groups in total. The molecule has 0 spiro atoms. The monoisotopic (exact) mass is 469 g/mol. The van der Waals surface area contributed by atoms with Gasteiger partial charge in [-0.15, -0.1) is 0 Å². The van der Waals surface area contributed by atoms with Crippen LogP contribution in [-0.2, 0) is 21.4 Å². The lowest BCUT2D eigenvalue weighted by Crippen LogP contribution is -2.50. The Balaban J connectivity index is 1.92. The number of aryl methyl sites for hydroxylation is 1. The van der Waals surface area contributed by atoms with Gasteiger partial charge in [0.2, 0.25) is 15.9 Å². The Morgan fingerprint density at radius 2 is 1.57 bits per heavy atom. The molecule has 1 aliphatic heterocycles. The molecule has 0 atom stereocenters. The molecule has 1 saturated heterocycles. The van der Waals surface area contributed by atoms with Gasteiger partial charge in [-0.05, 0) is 38.2 Å². The van der Waals surface area contributed by atoms with E-state index in [4.69, 9.17) is 23.2 Å². The van der Waals surface area contributed by atoms with Crippen LogP contribution in [0.25, 0.3) is 0 Å². The molecule has 3 rings (SSSR count). The molecule has 0 bridgehead atoms. The molecule has 2 aromatic rings. The van der Waals surface area contributed by atoms with Crippen molar-refractivity contribution in [3.05, 3.63) is 63.6 Å². The van der Waals surface area contributed by atoms with E-state index < -0.39 is 10.0 Å². The van der Waals surface area contributed by atoms with Crippen molar-refractivity contribution >= 4 is 39.1 Å². The van der Waals surface area contributed by atoms with Gasteiger partial charge in [0.05, 0.1) is 11.4 Å². The van der Waals surface area contributed by atoms with Crippen LogP contribution in [-0.4, -0.2) is 68.2 Å². The third-order valence-corrected chi connectivity index (χ3v) is 7.74. The van der Waals surface area contributed by atoms with Gasteiger partial charge < -0.3 is 9.80 Å². The fourth-order valence-electron chi connectivity index (χ4n) is 3.25. The van der Waals surface area contributed by atoms with Gasteiger partial charge in [0.1, 0.15) is 0 Å². The normalized spacial score (nSPS) is 15.6. The third kappa shape index (κ3) is 5.34. The lowest BCUT2D eigenvalue weighted by atomic mass is 10.2. The van der Waals surface area contributed by atoms with Crippen molar-refractivity contribution < 1.29 is 13.2 Å². The number of halogens is 2. The van der Waals surface area contributed by atoms with Gasteiger partial charge in [-0.3, -0.25) is 4.79 Å². The lowest BCUT2D eigenvalue weighted by Gasteiger charge is -2.34. The second-order valence-electron chi connectivity index (χ2n) is 7.47. The maximum atomic E-state index is 13.4. The lowest BCUT2D eigenvalue weighted by molar-refractivity contribution is -0.133. The quantitative estimate of drug-likeness (QED) is 0.651. The number of carbonyl (C=O) groups is 1. The average molecular weight is 470 g/mol. The van der Waals surface area contributed by atoms with Crippen molar-refractivity contribution in [2.24, 2.45) is 0 Å². The standard InChI is InChI=1S/C21H25Cl2N3O3S/c1-16-6-8-17(9-7-16)30(28,29)26(14-18-19(22)4-3-5-20(18)23)15-21(27)25-12-10-24(2)11-13-25/h3-9H,10-15H2,1-2H3. The molecule has 1 amide bonds. The van der Waals surface area contributed by atoms with E-state index in [2.05, 4.69) is 4.90 Å². The maximum absolute atomic E-state index is 13.4. The summed E-state index contributed by atoms with van der Waals surface area (Å²) in [5, 5.41) is 0.720. The van der Waals surface area contributed by atoms with Gasteiger partial charge in [-0.1, -0.05) is 47.0 Å². The number of rotatable bonds is 6. The van der Waals surface area contributed by atoms with Crippen LogP contribution in [0, 0.1) is 6.92 Å². The van der Waals surface area contributed by atoms with Gasteiger partial charge in [-0.2, -0.15) is 4.31 Å². The molecular weight excluding hydrogens is 445 g/mol. The SMILES string of the molecule is Cc1ccc(S(=O)(=O)N(CC(=O)N2CCN(C)CC2)Cc2c(Cl)cccc2Cl)cc1. The number of sulfonamides is 1. The largest absolute Gasteiger partial charge is 0.339 e. The molecule has 6 nitrogen and oxygen atoms in total. The topological polar surface area (TPSA) is 60.9 Å². The predicted octanol–water partition coefficient (Wildman–Crippen LogP) is 3.27. The van der Waals surface area contributed by atoms with Gasteiger partial charge in [0.15, 0.2) is 0 Å². The summed E-state index contributed by atoms with van der Waals surface area (Å²) in [6.45, 7) is 4.17. The highest BCUT2D eigenvalue weighted by molar-refractivity contribution is 7.89. The van der Waals surface area contributed by atoms with Crippen LogP contribution in [0.1, 0.15) is 11.1 Å². The van der Waals surface area contributed by atoms with Crippen LogP contribution < -0.4 is 0 Å². The number of nitrogens with zero attached hydrogens (tertiary/aromatic N) is 3. The van der Waals surface area contributed by atoms with Crippen LogP contribution in [0.3, 0.4) is 0 Å². The first-order valence-electron chi connectivity index (χ1n) is 9.64. The molecule has 9 heteroatoms. The average Bonchev–Trinajstić information content (AvgIpc) is 2.70. The van der Waals surface area contributed by atoms with E-state index >= 15 is 0 Å². The van der Waals surface area contributed by atoms with Crippen molar-refractivity contribution in [1.82, 2.24) is 14.1 Å². The number of hydrogen-bond donors (Lipinski definition) is 0. The van der Waals surface area contributed by atoms with Crippen molar-refractivity contribution in [3.63, 3.8) is 0 Å². The van der Waals surface area contributed by atoms with Crippen LogP contribution in [0.4, 0.5) is 0 Å². The first kappa shape index (κ1) is 23.0. The molecule has 0 saturated carbocycles. The number of benzene rings is 2. The Kier molecular flexibility index (Phi) is 7.42. The zero-order valence-electron chi connectivity index (χ0n) is 17.0. The zero-order valence-corrected chi connectivity index (χ0v) is 19.3. The summed E-state index contributed by atoms with van der Waals surface area (Å²) in [6, 6.07) is 11.6. The Bertz CT molecular complexity index is 984. The highest BCUT2D eigenvalue weighted by Crippen LogP contribution is 2.28. The Hall–Kier alpha value is -1.64. The van der Waals surface area contributed by atoms with E-state index in [1.807, 2.05) is 14.0 Å². The predicted molar refractivity (Wildman–Crippen MR) is 119 cm³/mol. The molecule has 162 valence electrons. The van der Waals surface area contributed by atoms with Crippen molar-refractivity contribution in [2.45, 2.75) is 18.4 Å². The van der Waals surface area contributed by atoms with Crippen molar-refractivity contribution in [1.29, 1.82) is 0 Å². The smallest absolute Gasteiger partial charge is 0.243 e. The number of carbonyl (C=O) groups excluding carboxylic acids is 1. The molecule has 1 fully saturated rings. The van der Waals surface area contributed by atoms with Gasteiger partial charge in [0, 0.05) is 48.3 Å². The second-order valence-corrected chi connectivity index (χ2v) is 10.2. The minimum atomic E-state index is -3.94.